The fourth-order valence-corrected chi connectivity index (χ4v) is 1.61. The first-order valence-electron chi connectivity index (χ1n) is 6.48. The van der Waals surface area contributed by atoms with Crippen molar-refractivity contribution >= 4 is 11.4 Å². The second-order valence-electron chi connectivity index (χ2n) is 3.97. The second-order valence-corrected chi connectivity index (χ2v) is 3.97. The normalized spacial score (nSPS) is 9.21. The van der Waals surface area contributed by atoms with Gasteiger partial charge >= 0.3 is 0 Å². The number of phenols is 1. The van der Waals surface area contributed by atoms with E-state index in [9.17, 15) is 5.11 Å². The average molecular weight is 255 g/mol. The lowest BCUT2D eigenvalue weighted by Gasteiger charge is -2.12. The molecule has 0 aromatic heterocycles. The zero-order valence-corrected chi connectivity index (χ0v) is 11.8. The van der Waals surface area contributed by atoms with Gasteiger partial charge in [0.05, 0.1) is 0 Å². The van der Waals surface area contributed by atoms with Crippen LogP contribution in [0.25, 0.3) is 5.70 Å². The molecule has 0 spiro atoms. The highest BCUT2D eigenvalue weighted by Crippen LogP contribution is 2.21. The van der Waals surface area contributed by atoms with Crippen LogP contribution in [0.3, 0.4) is 0 Å². The van der Waals surface area contributed by atoms with Crippen LogP contribution in [-0.2, 0) is 0 Å². The Morgan fingerprint density at radius 1 is 1.00 bits per heavy atom. The topological polar surface area (TPSA) is 32.3 Å². The Kier molecular flexibility index (Phi) is 5.68. The molecule has 2 aromatic rings. The number of aryl methyl sites for hydroxylation is 1. The van der Waals surface area contributed by atoms with Gasteiger partial charge in [-0.05, 0) is 48.4 Å². The summed E-state index contributed by atoms with van der Waals surface area (Å²) < 4.78 is 0. The molecule has 0 heterocycles. The molecular weight excluding hydrogens is 234 g/mol. The molecule has 0 atom stereocenters. The number of hydrogen-bond donors (Lipinski definition) is 2. The summed E-state index contributed by atoms with van der Waals surface area (Å²) in [7, 11) is 0. The lowest BCUT2D eigenvalue weighted by atomic mass is 10.1. The van der Waals surface area contributed by atoms with Crippen molar-refractivity contribution in [3.63, 3.8) is 0 Å². The molecule has 0 aliphatic rings. The van der Waals surface area contributed by atoms with E-state index < -0.39 is 0 Å². The van der Waals surface area contributed by atoms with Gasteiger partial charge in [0, 0.05) is 11.4 Å². The van der Waals surface area contributed by atoms with E-state index in [4.69, 9.17) is 0 Å². The van der Waals surface area contributed by atoms with E-state index in [0.717, 1.165) is 16.9 Å². The van der Waals surface area contributed by atoms with Crippen molar-refractivity contribution in [2.75, 3.05) is 5.32 Å². The summed E-state index contributed by atoms with van der Waals surface area (Å²) in [6.45, 7) is 10.0. The van der Waals surface area contributed by atoms with Crippen LogP contribution in [0.2, 0.25) is 0 Å². The molecule has 100 valence electrons. The highest BCUT2D eigenvalue weighted by Gasteiger charge is 2.01. The van der Waals surface area contributed by atoms with Crippen molar-refractivity contribution in [3.05, 3.63) is 66.2 Å². The van der Waals surface area contributed by atoms with Gasteiger partial charge in [-0.1, -0.05) is 38.6 Å². The highest BCUT2D eigenvalue weighted by atomic mass is 16.3. The largest absolute Gasteiger partial charge is 0.508 e. The van der Waals surface area contributed by atoms with Crippen LogP contribution in [0.15, 0.2) is 55.1 Å². The van der Waals surface area contributed by atoms with E-state index >= 15 is 0 Å². The first-order chi connectivity index (χ1) is 9.16. The minimum absolute atomic E-state index is 0.262. The first kappa shape index (κ1) is 14.8. The summed E-state index contributed by atoms with van der Waals surface area (Å²) in [6, 6.07) is 15.0. The smallest absolute Gasteiger partial charge is 0.115 e. The number of aromatic hydroxyl groups is 1. The van der Waals surface area contributed by atoms with Crippen LogP contribution in [0.5, 0.6) is 5.75 Å². The molecule has 2 nitrogen and oxygen atoms in total. The fraction of sp³-hybridized carbons (Fsp3) is 0.176. The number of anilines is 1. The van der Waals surface area contributed by atoms with Crippen LogP contribution in [0.1, 0.15) is 25.0 Å². The quantitative estimate of drug-likeness (QED) is 0.825. The van der Waals surface area contributed by atoms with Crippen molar-refractivity contribution in [2.45, 2.75) is 20.8 Å². The molecule has 0 saturated carbocycles. The molecule has 0 aliphatic carbocycles. The van der Waals surface area contributed by atoms with Gasteiger partial charge in [-0.3, -0.25) is 0 Å². The molecule has 2 N–H and O–H groups in total. The van der Waals surface area contributed by atoms with E-state index in [1.807, 2.05) is 57.2 Å². The van der Waals surface area contributed by atoms with Crippen LogP contribution in [-0.4, -0.2) is 5.11 Å². The van der Waals surface area contributed by atoms with E-state index in [1.54, 1.807) is 12.1 Å². The van der Waals surface area contributed by atoms with Crippen molar-refractivity contribution in [2.24, 2.45) is 0 Å². The third-order valence-electron chi connectivity index (χ3n) is 2.65. The van der Waals surface area contributed by atoms with Crippen molar-refractivity contribution in [3.8, 4) is 5.75 Å². The number of rotatable bonds is 3. The summed E-state index contributed by atoms with van der Waals surface area (Å²) in [4.78, 5) is 0. The summed E-state index contributed by atoms with van der Waals surface area (Å²) in [5.41, 5.74) is 4.00. The van der Waals surface area contributed by atoms with Crippen molar-refractivity contribution in [1.29, 1.82) is 0 Å². The maximum Gasteiger partial charge on any atom is 0.115 e. The minimum atomic E-state index is 0.262. The summed E-state index contributed by atoms with van der Waals surface area (Å²) in [6.07, 6.45) is 0. The standard InChI is InChI=1S/C15H15NO.C2H6/c1-11-5-3-4-6-15(11)16-12(2)13-7-9-14(17)10-8-13;1-2/h3-10,16-17H,2H2,1H3;1-2H3. The van der Waals surface area contributed by atoms with Crippen molar-refractivity contribution in [1.82, 2.24) is 0 Å². The van der Waals surface area contributed by atoms with E-state index in [2.05, 4.69) is 11.9 Å². The zero-order valence-electron chi connectivity index (χ0n) is 11.8. The van der Waals surface area contributed by atoms with Crippen LogP contribution < -0.4 is 5.32 Å². The third kappa shape index (κ3) is 4.18. The molecule has 19 heavy (non-hydrogen) atoms. The van der Waals surface area contributed by atoms with Gasteiger partial charge in [0.1, 0.15) is 5.75 Å². The van der Waals surface area contributed by atoms with Gasteiger partial charge in [-0.15, -0.1) is 0 Å². The Bertz CT molecular complexity index is 529. The van der Waals surface area contributed by atoms with E-state index in [0.29, 0.717) is 0 Å². The van der Waals surface area contributed by atoms with Gasteiger partial charge in [-0.2, -0.15) is 0 Å². The average Bonchev–Trinajstić information content (AvgIpc) is 2.44. The maximum atomic E-state index is 9.22. The SMILES string of the molecule is C=C(Nc1ccccc1C)c1ccc(O)cc1.CC. The molecule has 0 amide bonds. The molecule has 2 heteroatoms. The molecule has 0 unspecified atom stereocenters. The number of para-hydroxylation sites is 1. The zero-order chi connectivity index (χ0) is 14.3. The fourth-order valence-electron chi connectivity index (χ4n) is 1.61. The first-order valence-corrected chi connectivity index (χ1v) is 6.48. The second kappa shape index (κ2) is 7.27. The summed E-state index contributed by atoms with van der Waals surface area (Å²) in [5, 5.41) is 12.5. The lowest BCUT2D eigenvalue weighted by molar-refractivity contribution is 0.475. The van der Waals surface area contributed by atoms with E-state index in [1.165, 1.54) is 5.56 Å². The van der Waals surface area contributed by atoms with Gasteiger partial charge in [-0.25, -0.2) is 0 Å². The Hall–Kier alpha value is -2.22. The molecule has 0 radical (unpaired) electrons. The van der Waals surface area contributed by atoms with E-state index in [-0.39, 0.29) is 5.75 Å². The lowest BCUT2D eigenvalue weighted by Crippen LogP contribution is -1.98. The van der Waals surface area contributed by atoms with Gasteiger partial charge in [0.25, 0.3) is 0 Å². The van der Waals surface area contributed by atoms with Gasteiger partial charge in [0.15, 0.2) is 0 Å². The third-order valence-corrected chi connectivity index (χ3v) is 2.65. The highest BCUT2D eigenvalue weighted by molar-refractivity contribution is 5.76. The Morgan fingerprint density at radius 2 is 1.58 bits per heavy atom. The van der Waals surface area contributed by atoms with Crippen molar-refractivity contribution < 1.29 is 5.11 Å². The Labute approximate surface area is 115 Å². The molecular formula is C17H21NO. The number of nitrogens with one attached hydrogen (secondary N) is 1. The Balaban J connectivity index is 0.000000861. The molecule has 0 saturated heterocycles. The molecule has 0 aliphatic heterocycles. The molecule has 0 bridgehead atoms. The minimum Gasteiger partial charge on any atom is -0.508 e. The van der Waals surface area contributed by atoms with Gasteiger partial charge < -0.3 is 10.4 Å². The molecule has 2 aromatic carbocycles. The number of hydrogen-bond acceptors (Lipinski definition) is 2. The van der Waals surface area contributed by atoms with Crippen LogP contribution in [0, 0.1) is 6.92 Å². The Morgan fingerprint density at radius 3 is 2.16 bits per heavy atom. The molecule has 0 fully saturated rings. The molecule has 2 rings (SSSR count). The van der Waals surface area contributed by atoms with Crippen LogP contribution >= 0.6 is 0 Å². The summed E-state index contributed by atoms with van der Waals surface area (Å²) in [5.74, 6) is 0.262. The number of phenolic OH excluding ortho intramolecular Hbond substituents is 1. The van der Waals surface area contributed by atoms with Crippen LogP contribution in [0.4, 0.5) is 5.69 Å². The van der Waals surface area contributed by atoms with Gasteiger partial charge in [0.2, 0.25) is 0 Å². The monoisotopic (exact) mass is 255 g/mol. The predicted molar refractivity (Wildman–Crippen MR) is 83.3 cm³/mol. The summed E-state index contributed by atoms with van der Waals surface area (Å²) >= 11 is 0. The number of benzene rings is 2. The maximum absolute atomic E-state index is 9.22. The predicted octanol–water partition coefficient (Wildman–Crippen LogP) is 4.81.